The van der Waals surface area contributed by atoms with Crippen molar-refractivity contribution in [2.24, 2.45) is 5.14 Å². The fourth-order valence-electron chi connectivity index (χ4n) is 2.33. The summed E-state index contributed by atoms with van der Waals surface area (Å²) in [6.45, 7) is 0. The molecule has 0 fully saturated rings. The topological polar surface area (TPSA) is 139 Å². The highest BCUT2D eigenvalue weighted by Crippen LogP contribution is 2.31. The molecule has 0 bridgehead atoms. The fraction of sp³-hybridized carbons (Fsp3) is 0. The number of aromatic amines is 1. The summed E-state index contributed by atoms with van der Waals surface area (Å²) in [7, 11) is -4.11. The minimum atomic E-state index is -4.11. The molecule has 4 N–H and O–H groups in total. The van der Waals surface area contributed by atoms with Crippen LogP contribution in [-0.2, 0) is 10.0 Å². The number of carbonyl (C=O) groups is 1. The molecule has 0 spiro atoms. The van der Waals surface area contributed by atoms with Gasteiger partial charge in [-0.15, -0.1) is 5.10 Å². The van der Waals surface area contributed by atoms with E-state index in [1.54, 1.807) is 6.07 Å². The number of primary sulfonamides is 1. The number of nitrogens with one attached hydrogen (secondary N) is 1. The summed E-state index contributed by atoms with van der Waals surface area (Å²) < 4.78 is 24.0. The predicted molar refractivity (Wildman–Crippen MR) is 85.6 cm³/mol. The Hall–Kier alpha value is -3.04. The second-order valence-electron chi connectivity index (χ2n) is 4.95. The van der Waals surface area contributed by atoms with Gasteiger partial charge in [-0.1, -0.05) is 42.5 Å². The molecule has 122 valence electrons. The number of aromatic carboxylic acids is 1. The maximum absolute atomic E-state index is 12.0. The number of nitrogens with two attached hydrogens (primary N) is 1. The van der Waals surface area contributed by atoms with Gasteiger partial charge >= 0.3 is 5.97 Å². The normalized spacial score (nSPS) is 11.4. The Balaban J connectivity index is 2.25. The molecule has 0 unspecified atom stereocenters. The quantitative estimate of drug-likeness (QED) is 0.655. The zero-order valence-corrected chi connectivity index (χ0v) is 13.0. The highest BCUT2D eigenvalue weighted by atomic mass is 32.2. The first-order chi connectivity index (χ1) is 11.4. The van der Waals surface area contributed by atoms with Crippen molar-refractivity contribution in [3.8, 4) is 22.4 Å². The maximum Gasteiger partial charge on any atom is 0.358 e. The Labute approximate surface area is 137 Å². The van der Waals surface area contributed by atoms with Crippen molar-refractivity contribution in [2.75, 3.05) is 0 Å². The number of aromatic nitrogens is 3. The van der Waals surface area contributed by atoms with Crippen molar-refractivity contribution in [1.29, 1.82) is 0 Å². The summed E-state index contributed by atoms with van der Waals surface area (Å²) in [6.07, 6.45) is 0. The SMILES string of the molecule is NS(=O)(=O)c1cc(-c2ccccc2)ccc1-c1n[nH]nc1C(=O)O. The lowest BCUT2D eigenvalue weighted by molar-refractivity contribution is 0.0691. The first-order valence-corrected chi connectivity index (χ1v) is 8.29. The Kier molecular flexibility index (Phi) is 3.87. The van der Waals surface area contributed by atoms with E-state index in [4.69, 9.17) is 10.2 Å². The number of nitrogens with zero attached hydrogens (tertiary/aromatic N) is 2. The van der Waals surface area contributed by atoms with E-state index in [-0.39, 0.29) is 21.8 Å². The number of H-pyrrole nitrogens is 1. The van der Waals surface area contributed by atoms with Crippen LogP contribution in [0.15, 0.2) is 53.4 Å². The van der Waals surface area contributed by atoms with Gasteiger partial charge in [0.15, 0.2) is 5.69 Å². The number of sulfonamides is 1. The molecule has 1 aromatic heterocycles. The number of rotatable bonds is 4. The average molecular weight is 344 g/mol. The molecule has 3 aromatic rings. The third-order valence-electron chi connectivity index (χ3n) is 3.40. The van der Waals surface area contributed by atoms with Crippen LogP contribution in [0, 0.1) is 0 Å². The van der Waals surface area contributed by atoms with Gasteiger partial charge in [0.2, 0.25) is 10.0 Å². The molecule has 1 heterocycles. The van der Waals surface area contributed by atoms with Crippen LogP contribution in [0.1, 0.15) is 10.5 Å². The van der Waals surface area contributed by atoms with Crippen molar-refractivity contribution in [3.63, 3.8) is 0 Å². The van der Waals surface area contributed by atoms with Crippen LogP contribution in [0.3, 0.4) is 0 Å². The summed E-state index contributed by atoms with van der Waals surface area (Å²) in [5, 5.41) is 23.9. The Bertz CT molecular complexity index is 1010. The van der Waals surface area contributed by atoms with Crippen LogP contribution < -0.4 is 5.14 Å². The number of benzene rings is 2. The molecule has 0 aliphatic carbocycles. The molecule has 24 heavy (non-hydrogen) atoms. The Morgan fingerprint density at radius 3 is 2.38 bits per heavy atom. The van der Waals surface area contributed by atoms with Crippen LogP contribution in [0.25, 0.3) is 22.4 Å². The number of hydrogen-bond acceptors (Lipinski definition) is 5. The molecular weight excluding hydrogens is 332 g/mol. The van der Waals surface area contributed by atoms with Crippen molar-refractivity contribution >= 4 is 16.0 Å². The van der Waals surface area contributed by atoms with E-state index in [0.29, 0.717) is 5.56 Å². The molecule has 0 radical (unpaired) electrons. The van der Waals surface area contributed by atoms with Gasteiger partial charge in [-0.05, 0) is 17.2 Å². The zero-order chi connectivity index (χ0) is 17.3. The largest absolute Gasteiger partial charge is 0.476 e. The van der Waals surface area contributed by atoms with Gasteiger partial charge < -0.3 is 5.11 Å². The third kappa shape index (κ3) is 2.90. The number of carboxylic acid groups (broad SMARTS) is 1. The van der Waals surface area contributed by atoms with E-state index < -0.39 is 16.0 Å². The smallest absolute Gasteiger partial charge is 0.358 e. The van der Waals surface area contributed by atoms with Gasteiger partial charge in [0, 0.05) is 5.56 Å². The van der Waals surface area contributed by atoms with Crippen LogP contribution >= 0.6 is 0 Å². The molecule has 9 heteroatoms. The summed E-state index contributed by atoms with van der Waals surface area (Å²) >= 11 is 0. The minimum absolute atomic E-state index is 0.0725. The van der Waals surface area contributed by atoms with Crippen molar-refractivity contribution in [1.82, 2.24) is 15.4 Å². The Morgan fingerprint density at radius 2 is 1.75 bits per heavy atom. The third-order valence-corrected chi connectivity index (χ3v) is 4.35. The highest BCUT2D eigenvalue weighted by molar-refractivity contribution is 7.89. The molecule has 0 atom stereocenters. The second kappa shape index (κ2) is 5.87. The molecule has 3 rings (SSSR count). The first-order valence-electron chi connectivity index (χ1n) is 6.74. The molecule has 8 nitrogen and oxygen atoms in total. The van der Waals surface area contributed by atoms with Crippen molar-refractivity contribution in [3.05, 3.63) is 54.2 Å². The van der Waals surface area contributed by atoms with Gasteiger partial charge in [-0.25, -0.2) is 18.4 Å². The summed E-state index contributed by atoms with van der Waals surface area (Å²) in [6, 6.07) is 13.6. The second-order valence-corrected chi connectivity index (χ2v) is 6.48. The molecular formula is C15H12N4O4S. The standard InChI is InChI=1S/C15H12N4O4S/c16-24(22,23)12-8-10(9-4-2-1-3-5-9)6-7-11(12)13-14(15(20)21)18-19-17-13/h1-8H,(H,20,21)(H2,16,22,23)(H,17,18,19). The van der Waals surface area contributed by atoms with Gasteiger partial charge in [0.25, 0.3) is 0 Å². The molecule has 0 aliphatic heterocycles. The lowest BCUT2D eigenvalue weighted by atomic mass is 10.0. The lowest BCUT2D eigenvalue weighted by Crippen LogP contribution is -2.14. The van der Waals surface area contributed by atoms with E-state index >= 15 is 0 Å². The maximum atomic E-state index is 12.0. The number of carboxylic acids is 1. The predicted octanol–water partition coefficient (Wildman–Crippen LogP) is 1.48. The van der Waals surface area contributed by atoms with Crippen molar-refractivity contribution < 1.29 is 18.3 Å². The van der Waals surface area contributed by atoms with E-state index in [2.05, 4.69) is 15.4 Å². The lowest BCUT2D eigenvalue weighted by Gasteiger charge is -2.09. The minimum Gasteiger partial charge on any atom is -0.476 e. The van der Waals surface area contributed by atoms with Crippen LogP contribution in [-0.4, -0.2) is 34.9 Å². The van der Waals surface area contributed by atoms with Gasteiger partial charge in [-0.3, -0.25) is 0 Å². The van der Waals surface area contributed by atoms with Gasteiger partial charge in [0.1, 0.15) is 5.69 Å². The molecule has 0 aliphatic rings. The zero-order valence-electron chi connectivity index (χ0n) is 12.2. The molecule has 2 aromatic carbocycles. The van der Waals surface area contributed by atoms with Gasteiger partial charge in [-0.2, -0.15) is 10.3 Å². The summed E-state index contributed by atoms with van der Waals surface area (Å²) in [5.74, 6) is -1.33. The van der Waals surface area contributed by atoms with E-state index in [0.717, 1.165) is 5.56 Å². The number of hydrogen-bond donors (Lipinski definition) is 3. The van der Waals surface area contributed by atoms with Crippen LogP contribution in [0.4, 0.5) is 0 Å². The summed E-state index contributed by atoms with van der Waals surface area (Å²) in [5.41, 5.74) is 1.03. The van der Waals surface area contributed by atoms with Gasteiger partial charge in [0.05, 0.1) is 4.90 Å². The van der Waals surface area contributed by atoms with Crippen molar-refractivity contribution in [2.45, 2.75) is 4.90 Å². The first kappa shape index (κ1) is 15.8. The fourth-order valence-corrected chi connectivity index (χ4v) is 3.09. The van der Waals surface area contributed by atoms with Crippen LogP contribution in [0.5, 0.6) is 0 Å². The highest BCUT2D eigenvalue weighted by Gasteiger charge is 2.24. The van der Waals surface area contributed by atoms with E-state index in [9.17, 15) is 13.2 Å². The van der Waals surface area contributed by atoms with E-state index in [1.165, 1.54) is 12.1 Å². The summed E-state index contributed by atoms with van der Waals surface area (Å²) in [4.78, 5) is 11.0. The van der Waals surface area contributed by atoms with Crippen LogP contribution in [0.2, 0.25) is 0 Å². The monoisotopic (exact) mass is 344 g/mol. The van der Waals surface area contributed by atoms with E-state index in [1.807, 2.05) is 30.3 Å². The molecule has 0 amide bonds. The molecule has 0 saturated carbocycles. The molecule has 0 saturated heterocycles. The average Bonchev–Trinajstić information content (AvgIpc) is 3.04. The Morgan fingerprint density at radius 1 is 1.04 bits per heavy atom.